The van der Waals surface area contributed by atoms with Gasteiger partial charge in [-0.1, -0.05) is 0 Å². The maximum atomic E-state index is 8.89. The van der Waals surface area contributed by atoms with Gasteiger partial charge < -0.3 is 15.0 Å². The van der Waals surface area contributed by atoms with Crippen molar-refractivity contribution >= 4 is 0 Å². The molecule has 1 aromatic rings. The zero-order chi connectivity index (χ0) is 15.3. The van der Waals surface area contributed by atoms with Crippen LogP contribution in [0.15, 0.2) is 24.3 Å². The van der Waals surface area contributed by atoms with E-state index in [0.29, 0.717) is 5.56 Å². The Kier molecular flexibility index (Phi) is 4.97. The molecule has 0 aromatic heterocycles. The fourth-order valence-electron chi connectivity index (χ4n) is 3.57. The van der Waals surface area contributed by atoms with Crippen molar-refractivity contribution in [2.45, 2.75) is 37.7 Å². The standard InChI is InChI=1S/C18H25N3O/c19-15-16-3-5-17(6-4-16)22-18(7-1-2-8-18)9-12-21-13-10-20-11-14-21/h3-6,20H,1-2,7-14H2. The fraction of sp³-hybridized carbons (Fsp3) is 0.611. The summed E-state index contributed by atoms with van der Waals surface area (Å²) in [6, 6.07) is 9.71. The zero-order valence-corrected chi connectivity index (χ0v) is 13.2. The average Bonchev–Trinajstić information content (AvgIpc) is 3.04. The van der Waals surface area contributed by atoms with Crippen LogP contribution in [0.25, 0.3) is 0 Å². The second kappa shape index (κ2) is 7.13. The number of hydrogen-bond donors (Lipinski definition) is 1. The normalized spacial score (nSPS) is 21.4. The molecule has 0 unspecified atom stereocenters. The summed E-state index contributed by atoms with van der Waals surface area (Å²) in [7, 11) is 0. The first-order chi connectivity index (χ1) is 10.8. The van der Waals surface area contributed by atoms with Crippen molar-refractivity contribution in [1.82, 2.24) is 10.2 Å². The van der Waals surface area contributed by atoms with E-state index in [4.69, 9.17) is 10.00 Å². The molecule has 1 heterocycles. The number of nitrogens with zero attached hydrogens (tertiary/aromatic N) is 2. The summed E-state index contributed by atoms with van der Waals surface area (Å²) >= 11 is 0. The Morgan fingerprint density at radius 2 is 1.82 bits per heavy atom. The van der Waals surface area contributed by atoms with Crippen LogP contribution in [0, 0.1) is 11.3 Å². The van der Waals surface area contributed by atoms with Crippen molar-refractivity contribution in [3.8, 4) is 11.8 Å². The highest BCUT2D eigenvalue weighted by Gasteiger charge is 2.36. The number of nitrogens with one attached hydrogen (secondary N) is 1. The topological polar surface area (TPSA) is 48.3 Å². The van der Waals surface area contributed by atoms with E-state index in [0.717, 1.165) is 57.7 Å². The Morgan fingerprint density at radius 1 is 1.14 bits per heavy atom. The van der Waals surface area contributed by atoms with Crippen molar-refractivity contribution in [2.75, 3.05) is 32.7 Å². The van der Waals surface area contributed by atoms with Gasteiger partial charge in [0.15, 0.2) is 0 Å². The van der Waals surface area contributed by atoms with E-state index in [1.54, 1.807) is 0 Å². The van der Waals surface area contributed by atoms with Crippen LogP contribution in [-0.4, -0.2) is 43.2 Å². The van der Waals surface area contributed by atoms with Crippen molar-refractivity contribution in [1.29, 1.82) is 5.26 Å². The molecule has 1 aromatic carbocycles. The lowest BCUT2D eigenvalue weighted by Gasteiger charge is -2.34. The SMILES string of the molecule is N#Cc1ccc(OC2(CCN3CCNCC3)CCCC2)cc1. The second-order valence-electron chi connectivity index (χ2n) is 6.47. The molecule has 4 nitrogen and oxygen atoms in total. The van der Waals surface area contributed by atoms with E-state index >= 15 is 0 Å². The highest BCUT2D eigenvalue weighted by atomic mass is 16.5. The largest absolute Gasteiger partial charge is 0.487 e. The number of hydrogen-bond acceptors (Lipinski definition) is 4. The molecule has 0 radical (unpaired) electrons. The van der Waals surface area contributed by atoms with Gasteiger partial charge in [0.25, 0.3) is 0 Å². The first-order valence-electron chi connectivity index (χ1n) is 8.42. The van der Waals surface area contributed by atoms with Gasteiger partial charge in [-0.05, 0) is 56.4 Å². The number of piperazine rings is 1. The van der Waals surface area contributed by atoms with Gasteiger partial charge in [-0.2, -0.15) is 5.26 Å². The summed E-state index contributed by atoms with van der Waals surface area (Å²) < 4.78 is 6.40. The highest BCUT2D eigenvalue weighted by molar-refractivity contribution is 5.34. The Balaban J connectivity index is 1.61. The molecule has 3 rings (SSSR count). The summed E-state index contributed by atoms with van der Waals surface area (Å²) in [6.45, 7) is 5.62. The van der Waals surface area contributed by atoms with Gasteiger partial charge in [0.2, 0.25) is 0 Å². The van der Waals surface area contributed by atoms with Gasteiger partial charge in [0.1, 0.15) is 11.4 Å². The van der Waals surface area contributed by atoms with Gasteiger partial charge in [0.05, 0.1) is 11.6 Å². The van der Waals surface area contributed by atoms with Crippen LogP contribution in [0.5, 0.6) is 5.75 Å². The minimum absolute atomic E-state index is 0.000957. The molecule has 4 heteroatoms. The average molecular weight is 299 g/mol. The Bertz CT molecular complexity index is 508. The van der Waals surface area contributed by atoms with Crippen LogP contribution >= 0.6 is 0 Å². The quantitative estimate of drug-likeness (QED) is 0.908. The zero-order valence-electron chi connectivity index (χ0n) is 13.2. The van der Waals surface area contributed by atoms with Crippen molar-refractivity contribution in [3.63, 3.8) is 0 Å². The van der Waals surface area contributed by atoms with Gasteiger partial charge >= 0.3 is 0 Å². The fourth-order valence-corrected chi connectivity index (χ4v) is 3.57. The summed E-state index contributed by atoms with van der Waals surface area (Å²) in [4.78, 5) is 2.54. The van der Waals surface area contributed by atoms with Crippen LogP contribution in [0.1, 0.15) is 37.7 Å². The van der Waals surface area contributed by atoms with Crippen LogP contribution in [0.3, 0.4) is 0 Å². The first-order valence-corrected chi connectivity index (χ1v) is 8.42. The summed E-state index contributed by atoms with van der Waals surface area (Å²) in [5.74, 6) is 0.904. The number of nitriles is 1. The lowest BCUT2D eigenvalue weighted by atomic mass is 9.96. The molecule has 1 aliphatic heterocycles. The molecule has 1 saturated carbocycles. The van der Waals surface area contributed by atoms with E-state index in [9.17, 15) is 0 Å². The van der Waals surface area contributed by atoms with Crippen molar-refractivity contribution < 1.29 is 4.74 Å². The van der Waals surface area contributed by atoms with E-state index in [-0.39, 0.29) is 5.60 Å². The summed E-state index contributed by atoms with van der Waals surface area (Å²) in [6.07, 6.45) is 5.93. The Morgan fingerprint density at radius 3 is 2.45 bits per heavy atom. The molecule has 2 fully saturated rings. The minimum atomic E-state index is -0.000957. The molecule has 0 amide bonds. The third-order valence-electron chi connectivity index (χ3n) is 4.93. The van der Waals surface area contributed by atoms with Gasteiger partial charge in [-0.15, -0.1) is 0 Å². The third kappa shape index (κ3) is 3.79. The molecule has 0 bridgehead atoms. The predicted molar refractivity (Wildman–Crippen MR) is 86.9 cm³/mol. The first kappa shape index (κ1) is 15.3. The second-order valence-corrected chi connectivity index (χ2v) is 6.47. The molecular weight excluding hydrogens is 274 g/mol. The number of rotatable bonds is 5. The molecule has 1 saturated heterocycles. The Hall–Kier alpha value is -1.57. The van der Waals surface area contributed by atoms with Crippen LogP contribution in [-0.2, 0) is 0 Å². The molecule has 0 spiro atoms. The summed E-state index contributed by atoms with van der Waals surface area (Å²) in [5.41, 5.74) is 0.688. The monoisotopic (exact) mass is 299 g/mol. The number of ether oxygens (including phenoxy) is 1. The van der Waals surface area contributed by atoms with E-state index in [1.165, 1.54) is 12.8 Å². The van der Waals surface area contributed by atoms with Gasteiger partial charge in [-0.3, -0.25) is 0 Å². The van der Waals surface area contributed by atoms with E-state index in [2.05, 4.69) is 16.3 Å². The molecule has 118 valence electrons. The molecule has 1 aliphatic carbocycles. The third-order valence-corrected chi connectivity index (χ3v) is 4.93. The van der Waals surface area contributed by atoms with Crippen molar-refractivity contribution in [3.05, 3.63) is 29.8 Å². The number of benzene rings is 1. The van der Waals surface area contributed by atoms with E-state index in [1.807, 2.05) is 24.3 Å². The van der Waals surface area contributed by atoms with Gasteiger partial charge in [0, 0.05) is 32.7 Å². The van der Waals surface area contributed by atoms with Crippen LogP contribution in [0.2, 0.25) is 0 Å². The summed E-state index contributed by atoms with van der Waals surface area (Å²) in [5, 5.41) is 12.3. The lowest BCUT2D eigenvalue weighted by Crippen LogP contribution is -2.46. The Labute approximate surface area is 133 Å². The maximum absolute atomic E-state index is 8.89. The van der Waals surface area contributed by atoms with Crippen molar-refractivity contribution in [2.24, 2.45) is 0 Å². The lowest BCUT2D eigenvalue weighted by molar-refractivity contribution is 0.0522. The smallest absolute Gasteiger partial charge is 0.120 e. The molecule has 22 heavy (non-hydrogen) atoms. The van der Waals surface area contributed by atoms with Gasteiger partial charge in [-0.25, -0.2) is 0 Å². The van der Waals surface area contributed by atoms with Crippen LogP contribution < -0.4 is 10.1 Å². The molecule has 2 aliphatic rings. The molecule has 1 N–H and O–H groups in total. The van der Waals surface area contributed by atoms with E-state index < -0.39 is 0 Å². The highest BCUT2D eigenvalue weighted by Crippen LogP contribution is 2.37. The predicted octanol–water partition coefficient (Wildman–Crippen LogP) is 2.55. The maximum Gasteiger partial charge on any atom is 0.120 e. The van der Waals surface area contributed by atoms with Crippen LogP contribution in [0.4, 0.5) is 0 Å². The molecular formula is C18H25N3O. The minimum Gasteiger partial charge on any atom is -0.487 e. The molecule has 0 atom stereocenters.